The number of ether oxygens (including phenoxy) is 1. The van der Waals surface area contributed by atoms with Gasteiger partial charge in [0.2, 0.25) is 0 Å². The van der Waals surface area contributed by atoms with Crippen LogP contribution in [0.1, 0.15) is 34.3 Å². The van der Waals surface area contributed by atoms with E-state index in [4.69, 9.17) is 4.74 Å². The summed E-state index contributed by atoms with van der Waals surface area (Å²) in [5, 5.41) is 7.86. The molecule has 0 aliphatic carbocycles. The number of hydrogen-bond acceptors (Lipinski definition) is 4. The first kappa shape index (κ1) is 15.0. The molecule has 2 aromatic heterocycles. The standard InChI is InChI=1S/C18H21N5O/c1-12-6-14(22-23(12)2)10-24-15-5-3-4-13(7-15)16-8-19-9-17-18(16)21-11-20-17/h3-7,11,16,19H,8-10H2,1-2H3,(H,20,21). The zero-order chi connectivity index (χ0) is 16.5. The van der Waals surface area contributed by atoms with Crippen molar-refractivity contribution < 1.29 is 4.74 Å². The van der Waals surface area contributed by atoms with Crippen molar-refractivity contribution in [3.05, 3.63) is 65.0 Å². The molecule has 0 amide bonds. The fourth-order valence-electron chi connectivity index (χ4n) is 3.17. The molecule has 0 saturated heterocycles. The minimum Gasteiger partial charge on any atom is -0.487 e. The molecule has 3 heterocycles. The zero-order valence-corrected chi connectivity index (χ0v) is 13.9. The van der Waals surface area contributed by atoms with E-state index < -0.39 is 0 Å². The average Bonchev–Trinajstić information content (AvgIpc) is 3.20. The van der Waals surface area contributed by atoms with E-state index in [0.717, 1.165) is 35.9 Å². The molecule has 3 aromatic rings. The van der Waals surface area contributed by atoms with E-state index in [2.05, 4.69) is 32.5 Å². The molecule has 1 aliphatic rings. The Kier molecular flexibility index (Phi) is 3.82. The van der Waals surface area contributed by atoms with Gasteiger partial charge in [-0.05, 0) is 30.7 Å². The van der Waals surface area contributed by atoms with Gasteiger partial charge in [0, 0.05) is 31.7 Å². The molecule has 24 heavy (non-hydrogen) atoms. The van der Waals surface area contributed by atoms with Gasteiger partial charge in [-0.2, -0.15) is 5.10 Å². The zero-order valence-electron chi connectivity index (χ0n) is 13.9. The minimum atomic E-state index is 0.251. The molecule has 1 unspecified atom stereocenters. The highest BCUT2D eigenvalue weighted by Crippen LogP contribution is 2.29. The van der Waals surface area contributed by atoms with Gasteiger partial charge in [-0.3, -0.25) is 4.68 Å². The molecule has 1 atom stereocenters. The largest absolute Gasteiger partial charge is 0.487 e. The van der Waals surface area contributed by atoms with E-state index in [1.807, 2.05) is 36.9 Å². The maximum atomic E-state index is 5.94. The highest BCUT2D eigenvalue weighted by Gasteiger charge is 2.24. The van der Waals surface area contributed by atoms with Crippen LogP contribution in [0.25, 0.3) is 0 Å². The highest BCUT2D eigenvalue weighted by molar-refractivity contribution is 5.38. The lowest BCUT2D eigenvalue weighted by molar-refractivity contribution is 0.299. The SMILES string of the molecule is Cc1cc(COc2cccc(C3CNCc4[nH]cnc43)c2)nn1C. The van der Waals surface area contributed by atoms with Crippen LogP contribution in [0, 0.1) is 6.92 Å². The summed E-state index contributed by atoms with van der Waals surface area (Å²) < 4.78 is 7.80. The first-order valence-electron chi connectivity index (χ1n) is 8.16. The van der Waals surface area contributed by atoms with Gasteiger partial charge in [0.15, 0.2) is 0 Å². The van der Waals surface area contributed by atoms with Gasteiger partial charge in [-0.1, -0.05) is 12.1 Å². The van der Waals surface area contributed by atoms with Crippen LogP contribution in [0.4, 0.5) is 0 Å². The number of imidazole rings is 1. The van der Waals surface area contributed by atoms with E-state index in [9.17, 15) is 0 Å². The number of benzene rings is 1. The molecule has 0 saturated carbocycles. The Morgan fingerprint density at radius 3 is 3.08 bits per heavy atom. The summed E-state index contributed by atoms with van der Waals surface area (Å²) in [6, 6.07) is 10.3. The third-order valence-corrected chi connectivity index (χ3v) is 4.54. The molecule has 0 fully saturated rings. The quantitative estimate of drug-likeness (QED) is 0.773. The molecular weight excluding hydrogens is 302 g/mol. The van der Waals surface area contributed by atoms with Gasteiger partial charge in [-0.25, -0.2) is 4.98 Å². The Hall–Kier alpha value is -2.60. The smallest absolute Gasteiger partial charge is 0.132 e. The van der Waals surface area contributed by atoms with Crippen molar-refractivity contribution in [3.8, 4) is 5.75 Å². The first-order chi connectivity index (χ1) is 11.7. The van der Waals surface area contributed by atoms with Crippen LogP contribution < -0.4 is 10.1 Å². The van der Waals surface area contributed by atoms with Crippen molar-refractivity contribution in [1.82, 2.24) is 25.1 Å². The van der Waals surface area contributed by atoms with Gasteiger partial charge in [-0.15, -0.1) is 0 Å². The molecule has 6 nitrogen and oxygen atoms in total. The number of aromatic amines is 1. The Labute approximate surface area is 140 Å². The molecule has 4 rings (SSSR count). The normalized spacial score (nSPS) is 16.8. The summed E-state index contributed by atoms with van der Waals surface area (Å²) in [5.41, 5.74) is 5.58. The van der Waals surface area contributed by atoms with Gasteiger partial charge in [0.25, 0.3) is 0 Å². The summed E-state index contributed by atoms with van der Waals surface area (Å²) in [6.45, 7) is 4.25. The van der Waals surface area contributed by atoms with Crippen molar-refractivity contribution >= 4 is 0 Å². The highest BCUT2D eigenvalue weighted by atomic mass is 16.5. The lowest BCUT2D eigenvalue weighted by atomic mass is 9.92. The first-order valence-corrected chi connectivity index (χ1v) is 8.16. The molecule has 124 valence electrons. The molecule has 0 bridgehead atoms. The number of fused-ring (bicyclic) bond motifs is 1. The molecular formula is C18H21N5O. The van der Waals surface area contributed by atoms with Crippen molar-refractivity contribution in [2.24, 2.45) is 7.05 Å². The van der Waals surface area contributed by atoms with Crippen LogP contribution in [-0.4, -0.2) is 26.3 Å². The number of nitrogens with zero attached hydrogens (tertiary/aromatic N) is 3. The summed E-state index contributed by atoms with van der Waals surface area (Å²) in [7, 11) is 1.94. The second kappa shape index (κ2) is 6.13. The van der Waals surface area contributed by atoms with Gasteiger partial charge in [0.1, 0.15) is 18.1 Å². The van der Waals surface area contributed by atoms with Gasteiger partial charge >= 0.3 is 0 Å². The van der Waals surface area contributed by atoms with Gasteiger partial charge < -0.3 is 15.0 Å². The summed E-state index contributed by atoms with van der Waals surface area (Å²) in [5.74, 6) is 1.11. The Morgan fingerprint density at radius 1 is 1.33 bits per heavy atom. The number of rotatable bonds is 4. The number of hydrogen-bond donors (Lipinski definition) is 2. The molecule has 1 aromatic carbocycles. The van der Waals surface area contributed by atoms with Crippen LogP contribution >= 0.6 is 0 Å². The third kappa shape index (κ3) is 2.80. The van der Waals surface area contributed by atoms with E-state index in [1.165, 1.54) is 11.3 Å². The second-order valence-electron chi connectivity index (χ2n) is 6.21. The third-order valence-electron chi connectivity index (χ3n) is 4.54. The van der Waals surface area contributed by atoms with Crippen LogP contribution in [0.15, 0.2) is 36.7 Å². The lowest BCUT2D eigenvalue weighted by Crippen LogP contribution is -2.28. The van der Waals surface area contributed by atoms with Crippen molar-refractivity contribution in [2.75, 3.05) is 6.54 Å². The monoisotopic (exact) mass is 323 g/mol. The molecule has 0 spiro atoms. The van der Waals surface area contributed by atoms with E-state index in [0.29, 0.717) is 6.61 Å². The van der Waals surface area contributed by atoms with Crippen molar-refractivity contribution in [1.29, 1.82) is 0 Å². The second-order valence-corrected chi connectivity index (χ2v) is 6.21. The molecule has 1 aliphatic heterocycles. The maximum Gasteiger partial charge on any atom is 0.132 e. The van der Waals surface area contributed by atoms with E-state index >= 15 is 0 Å². The van der Waals surface area contributed by atoms with Gasteiger partial charge in [0.05, 0.1) is 17.7 Å². The average molecular weight is 323 g/mol. The van der Waals surface area contributed by atoms with Crippen molar-refractivity contribution in [2.45, 2.75) is 26.0 Å². The molecule has 2 N–H and O–H groups in total. The van der Waals surface area contributed by atoms with E-state index in [-0.39, 0.29) is 5.92 Å². The maximum absolute atomic E-state index is 5.94. The topological polar surface area (TPSA) is 67.8 Å². The minimum absolute atomic E-state index is 0.251. The summed E-state index contributed by atoms with van der Waals surface area (Å²) in [4.78, 5) is 7.71. The summed E-state index contributed by atoms with van der Waals surface area (Å²) in [6.07, 6.45) is 1.77. The number of aryl methyl sites for hydroxylation is 2. The van der Waals surface area contributed by atoms with Crippen molar-refractivity contribution in [3.63, 3.8) is 0 Å². The fraction of sp³-hybridized carbons (Fsp3) is 0.333. The van der Waals surface area contributed by atoms with Crippen LogP contribution in [0.3, 0.4) is 0 Å². The predicted octanol–water partition coefficient (Wildman–Crippen LogP) is 2.27. The lowest BCUT2D eigenvalue weighted by Gasteiger charge is -2.23. The summed E-state index contributed by atoms with van der Waals surface area (Å²) >= 11 is 0. The van der Waals surface area contributed by atoms with Crippen LogP contribution in [0.5, 0.6) is 5.75 Å². The van der Waals surface area contributed by atoms with Crippen LogP contribution in [-0.2, 0) is 20.2 Å². The Balaban J connectivity index is 1.52. The Bertz CT molecular complexity index is 831. The number of nitrogens with one attached hydrogen (secondary N) is 2. The van der Waals surface area contributed by atoms with Crippen LogP contribution in [0.2, 0.25) is 0 Å². The number of aromatic nitrogens is 4. The van der Waals surface area contributed by atoms with E-state index in [1.54, 1.807) is 6.33 Å². The predicted molar refractivity (Wildman–Crippen MR) is 90.9 cm³/mol. The number of H-pyrrole nitrogens is 1. The molecule has 0 radical (unpaired) electrons. The Morgan fingerprint density at radius 2 is 2.25 bits per heavy atom. The molecule has 6 heteroatoms. The fourth-order valence-corrected chi connectivity index (χ4v) is 3.17.